The third kappa shape index (κ3) is 5.92. The second-order valence-electron chi connectivity index (χ2n) is 10.4. The summed E-state index contributed by atoms with van der Waals surface area (Å²) in [4.78, 5) is 14.9. The van der Waals surface area contributed by atoms with Crippen LogP contribution in [0, 0.1) is 0 Å². The van der Waals surface area contributed by atoms with Gasteiger partial charge in [-0.1, -0.05) is 79.9 Å². The van der Waals surface area contributed by atoms with Crippen LogP contribution in [0.25, 0.3) is 11.1 Å². The van der Waals surface area contributed by atoms with E-state index in [9.17, 15) is 4.79 Å². The molecule has 1 N–H and O–H groups in total. The Morgan fingerprint density at radius 1 is 0.917 bits per heavy atom. The average Bonchev–Trinajstić information content (AvgIpc) is 2.93. The predicted octanol–water partition coefficient (Wildman–Crippen LogP) is 7.72. The predicted molar refractivity (Wildman–Crippen MR) is 148 cm³/mol. The van der Waals surface area contributed by atoms with Gasteiger partial charge in [-0.15, -0.1) is 0 Å². The number of rotatable bonds is 7. The van der Waals surface area contributed by atoms with E-state index in [4.69, 9.17) is 4.74 Å². The van der Waals surface area contributed by atoms with Crippen molar-refractivity contribution in [1.82, 2.24) is 5.32 Å². The fraction of sp³-hybridized carbons (Fsp3) is 0.406. The molecule has 1 saturated carbocycles. The Kier molecular flexibility index (Phi) is 7.90. The lowest BCUT2D eigenvalue weighted by atomic mass is 9.84. The number of carbonyl (C=O) groups is 1. The van der Waals surface area contributed by atoms with Gasteiger partial charge in [0.2, 0.25) is 0 Å². The third-order valence-corrected chi connectivity index (χ3v) is 7.60. The molecule has 0 bridgehead atoms. The molecule has 5 rings (SSSR count). The van der Waals surface area contributed by atoms with E-state index >= 15 is 0 Å². The summed E-state index contributed by atoms with van der Waals surface area (Å²) in [5.41, 5.74) is 5.97. The van der Waals surface area contributed by atoms with Gasteiger partial charge in [-0.2, -0.15) is 0 Å². The molecule has 188 valence electrons. The van der Waals surface area contributed by atoms with Crippen molar-refractivity contribution in [3.8, 4) is 16.9 Å². The molecule has 1 atom stereocenters. The van der Waals surface area contributed by atoms with Crippen LogP contribution in [-0.4, -0.2) is 25.2 Å². The molecule has 1 unspecified atom stereocenters. The summed E-state index contributed by atoms with van der Waals surface area (Å²) in [5.74, 6) is 1.49. The Morgan fingerprint density at radius 3 is 2.44 bits per heavy atom. The second-order valence-corrected chi connectivity index (χ2v) is 10.4. The van der Waals surface area contributed by atoms with Gasteiger partial charge in [0.15, 0.2) is 0 Å². The minimum Gasteiger partial charge on any atom is -0.487 e. The number of urea groups is 1. The number of amides is 2. The molecule has 1 aliphatic carbocycles. The summed E-state index contributed by atoms with van der Waals surface area (Å²) >= 11 is 0. The van der Waals surface area contributed by atoms with Crippen LogP contribution in [0.2, 0.25) is 0 Å². The Balaban J connectivity index is 1.20. The van der Waals surface area contributed by atoms with Crippen LogP contribution in [-0.2, 0) is 6.42 Å². The minimum absolute atomic E-state index is 0.0457. The van der Waals surface area contributed by atoms with E-state index < -0.39 is 0 Å². The number of nitrogens with one attached hydrogen (secondary N) is 1. The molecule has 0 aromatic heterocycles. The van der Waals surface area contributed by atoms with E-state index in [0.717, 1.165) is 36.3 Å². The molecule has 0 spiro atoms. The lowest BCUT2D eigenvalue weighted by Crippen LogP contribution is -2.47. The summed E-state index contributed by atoms with van der Waals surface area (Å²) in [7, 11) is 0. The molecule has 1 fully saturated rings. The van der Waals surface area contributed by atoms with Gasteiger partial charge in [-0.25, -0.2) is 4.79 Å². The SMILES string of the molecule is CC1CN(C(=O)NCCCCc2ccccc2)c2ccc(-c3ccc(C4CCCCC4)cc3)cc2O1. The van der Waals surface area contributed by atoms with Crippen molar-refractivity contribution in [2.24, 2.45) is 0 Å². The summed E-state index contributed by atoms with van der Waals surface area (Å²) in [5, 5.41) is 3.12. The summed E-state index contributed by atoms with van der Waals surface area (Å²) in [6.45, 7) is 3.26. The molecule has 2 aliphatic rings. The van der Waals surface area contributed by atoms with Crippen molar-refractivity contribution in [2.75, 3.05) is 18.0 Å². The molecule has 2 amide bonds. The van der Waals surface area contributed by atoms with Crippen LogP contribution in [0.4, 0.5) is 10.5 Å². The molecule has 4 nitrogen and oxygen atoms in total. The normalized spacial score (nSPS) is 17.8. The first-order valence-electron chi connectivity index (χ1n) is 13.7. The average molecular weight is 483 g/mol. The monoisotopic (exact) mass is 482 g/mol. The van der Waals surface area contributed by atoms with Crippen molar-refractivity contribution in [3.63, 3.8) is 0 Å². The number of anilines is 1. The third-order valence-electron chi connectivity index (χ3n) is 7.60. The Bertz CT molecular complexity index is 1140. The van der Waals surface area contributed by atoms with Gasteiger partial charge in [0.1, 0.15) is 11.9 Å². The van der Waals surface area contributed by atoms with E-state index in [1.54, 1.807) is 0 Å². The molecular weight excluding hydrogens is 444 g/mol. The fourth-order valence-electron chi connectivity index (χ4n) is 5.59. The number of nitrogens with zero attached hydrogens (tertiary/aromatic N) is 1. The lowest BCUT2D eigenvalue weighted by molar-refractivity contribution is 0.205. The van der Waals surface area contributed by atoms with Crippen LogP contribution in [0.1, 0.15) is 68.9 Å². The highest BCUT2D eigenvalue weighted by Gasteiger charge is 2.28. The highest BCUT2D eigenvalue weighted by molar-refractivity contribution is 5.94. The lowest BCUT2D eigenvalue weighted by Gasteiger charge is -2.33. The summed E-state index contributed by atoms with van der Waals surface area (Å²) in [6, 6.07) is 25.7. The maximum atomic E-state index is 13.0. The zero-order valence-electron chi connectivity index (χ0n) is 21.4. The van der Waals surface area contributed by atoms with Crippen LogP contribution in [0.3, 0.4) is 0 Å². The van der Waals surface area contributed by atoms with Crippen LogP contribution >= 0.6 is 0 Å². The zero-order chi connectivity index (χ0) is 24.7. The first kappa shape index (κ1) is 24.4. The Morgan fingerprint density at radius 2 is 1.67 bits per heavy atom. The largest absolute Gasteiger partial charge is 0.487 e. The highest BCUT2D eigenvalue weighted by atomic mass is 16.5. The molecule has 36 heavy (non-hydrogen) atoms. The van der Waals surface area contributed by atoms with Gasteiger partial charge in [0.25, 0.3) is 0 Å². The highest BCUT2D eigenvalue weighted by Crippen LogP contribution is 2.38. The number of hydrogen-bond acceptors (Lipinski definition) is 2. The maximum Gasteiger partial charge on any atom is 0.322 e. The van der Waals surface area contributed by atoms with E-state index in [2.05, 4.69) is 66.0 Å². The maximum absolute atomic E-state index is 13.0. The number of aryl methyl sites for hydroxylation is 1. The quantitative estimate of drug-likeness (QED) is 0.350. The topological polar surface area (TPSA) is 41.6 Å². The number of carbonyl (C=O) groups excluding carboxylic acids is 1. The first-order valence-corrected chi connectivity index (χ1v) is 13.7. The van der Waals surface area contributed by atoms with Gasteiger partial charge in [0, 0.05) is 6.54 Å². The van der Waals surface area contributed by atoms with Crippen LogP contribution in [0.15, 0.2) is 72.8 Å². The number of hydrogen-bond donors (Lipinski definition) is 1. The molecule has 3 aromatic rings. The first-order chi connectivity index (χ1) is 17.7. The standard InChI is InChI=1S/C32H38N2O2/c1-24-23-34(32(35)33-21-9-8-12-25-10-4-2-5-11-25)30-20-19-29(22-31(30)36-24)28-17-15-27(16-18-28)26-13-6-3-7-14-26/h2,4-5,10-11,15-20,22,24,26H,3,6-9,12-14,21,23H2,1H3,(H,33,35). The smallest absolute Gasteiger partial charge is 0.322 e. The van der Waals surface area contributed by atoms with Crippen molar-refractivity contribution in [2.45, 2.75) is 70.3 Å². The molecule has 0 saturated heterocycles. The van der Waals surface area contributed by atoms with Gasteiger partial charge in [-0.3, -0.25) is 4.90 Å². The minimum atomic E-state index is -0.0507. The molecule has 1 aliphatic heterocycles. The van der Waals surface area contributed by atoms with E-state index in [1.807, 2.05) is 24.0 Å². The van der Waals surface area contributed by atoms with Crippen LogP contribution in [0.5, 0.6) is 5.75 Å². The zero-order valence-corrected chi connectivity index (χ0v) is 21.4. The molecule has 3 aromatic carbocycles. The van der Waals surface area contributed by atoms with E-state index in [0.29, 0.717) is 19.0 Å². The van der Waals surface area contributed by atoms with Crippen molar-refractivity contribution in [1.29, 1.82) is 0 Å². The number of fused-ring (bicyclic) bond motifs is 1. The van der Waals surface area contributed by atoms with Crippen molar-refractivity contribution >= 4 is 11.7 Å². The fourth-order valence-corrected chi connectivity index (χ4v) is 5.59. The number of benzene rings is 3. The van der Waals surface area contributed by atoms with Gasteiger partial charge >= 0.3 is 6.03 Å². The Hall–Kier alpha value is -3.27. The van der Waals surface area contributed by atoms with Crippen LogP contribution < -0.4 is 15.0 Å². The molecule has 1 heterocycles. The number of unbranched alkanes of at least 4 members (excludes halogenated alkanes) is 1. The molecule has 4 heteroatoms. The van der Waals surface area contributed by atoms with E-state index in [1.165, 1.54) is 48.8 Å². The Labute approximate surface area is 215 Å². The van der Waals surface area contributed by atoms with Crippen molar-refractivity contribution in [3.05, 3.63) is 83.9 Å². The van der Waals surface area contributed by atoms with Gasteiger partial charge < -0.3 is 10.1 Å². The summed E-state index contributed by atoms with van der Waals surface area (Å²) in [6.07, 6.45) is 9.72. The van der Waals surface area contributed by atoms with Gasteiger partial charge in [0.05, 0.1) is 12.2 Å². The summed E-state index contributed by atoms with van der Waals surface area (Å²) < 4.78 is 6.16. The van der Waals surface area contributed by atoms with Gasteiger partial charge in [-0.05, 0) is 79.3 Å². The van der Waals surface area contributed by atoms with E-state index in [-0.39, 0.29) is 12.1 Å². The van der Waals surface area contributed by atoms with Crippen molar-refractivity contribution < 1.29 is 9.53 Å². The second kappa shape index (κ2) is 11.6. The number of ether oxygens (including phenoxy) is 1. The molecule has 0 radical (unpaired) electrons. The molecular formula is C32H38N2O2.